The summed E-state index contributed by atoms with van der Waals surface area (Å²) in [6.07, 6.45) is -0.479. The minimum Gasteiger partial charge on any atom is -0.448 e. The highest BCUT2D eigenvalue weighted by atomic mass is 16.6. The Bertz CT molecular complexity index is 359. The summed E-state index contributed by atoms with van der Waals surface area (Å²) in [4.78, 5) is 11.3. The fourth-order valence-corrected chi connectivity index (χ4v) is 1.06. The zero-order valence-corrected chi connectivity index (χ0v) is 9.70. The summed E-state index contributed by atoms with van der Waals surface area (Å²) < 4.78 is 5.06. The van der Waals surface area contributed by atoms with Crippen molar-refractivity contribution in [3.63, 3.8) is 0 Å². The molecule has 0 atom stereocenters. The minimum absolute atomic E-state index is 0.122. The Morgan fingerprint density at radius 1 is 1.69 bits per heavy atom. The van der Waals surface area contributed by atoms with Gasteiger partial charge in [0.25, 0.3) is 0 Å². The van der Waals surface area contributed by atoms with E-state index in [1.165, 1.54) is 0 Å². The summed E-state index contributed by atoms with van der Waals surface area (Å²) in [5.41, 5.74) is 0.754. The number of nitrogens with zero attached hydrogens (tertiary/aromatic N) is 1. The van der Waals surface area contributed by atoms with Gasteiger partial charge in [-0.05, 0) is 26.8 Å². The highest BCUT2D eigenvalue weighted by molar-refractivity contribution is 6.44. The van der Waals surface area contributed by atoms with Crippen LogP contribution in [0.2, 0.25) is 0 Å². The van der Waals surface area contributed by atoms with Gasteiger partial charge in [-0.15, -0.1) is 0 Å². The van der Waals surface area contributed by atoms with Gasteiger partial charge in [-0.2, -0.15) is 5.10 Å². The molecule has 0 aliphatic carbocycles. The van der Waals surface area contributed by atoms with Crippen LogP contribution in [0.4, 0.5) is 4.79 Å². The van der Waals surface area contributed by atoms with Crippen LogP contribution >= 0.6 is 0 Å². The molecule has 0 fully saturated rings. The molecule has 0 aliphatic heterocycles. The highest BCUT2D eigenvalue weighted by Gasteiger charge is 2.15. The first kappa shape index (κ1) is 12.6. The van der Waals surface area contributed by atoms with E-state index in [0.717, 1.165) is 5.69 Å². The zero-order valence-electron chi connectivity index (χ0n) is 9.70. The van der Waals surface area contributed by atoms with E-state index in [1.54, 1.807) is 26.8 Å². The summed E-state index contributed by atoms with van der Waals surface area (Å²) in [7, 11) is -0.122. The first-order valence-electron chi connectivity index (χ1n) is 5.01. The van der Waals surface area contributed by atoms with E-state index >= 15 is 0 Å². The molecule has 0 radical (unpaired) electrons. The van der Waals surface area contributed by atoms with E-state index in [4.69, 9.17) is 9.76 Å². The number of hydrogen-bond acceptors (Lipinski definition) is 4. The number of hydrogen-bond donors (Lipinski definition) is 3. The second-order valence-electron chi connectivity index (χ2n) is 4.40. The summed E-state index contributed by atoms with van der Waals surface area (Å²) in [6, 6.07) is 1.68. The fraction of sp³-hybridized carbons (Fsp3) is 0.556. The predicted octanol–water partition coefficient (Wildman–Crippen LogP) is -0.597. The van der Waals surface area contributed by atoms with Crippen LogP contribution in [0.15, 0.2) is 6.07 Å². The van der Waals surface area contributed by atoms with Crippen LogP contribution in [-0.4, -0.2) is 34.4 Å². The van der Waals surface area contributed by atoms with Gasteiger partial charge >= 0.3 is 13.6 Å². The summed E-state index contributed by atoms with van der Waals surface area (Å²) >= 11 is 0. The standard InChI is InChI=1S/C9H16BN3O3/c1-9(2,3)16-8(14)11-5-6-4-7(10-15)13-12-6/h4,10,15H,5H2,1-3H3,(H,11,14)(H,12,13). The second kappa shape index (κ2) is 5.02. The average Bonchev–Trinajstić information content (AvgIpc) is 2.59. The Balaban J connectivity index is 2.37. The van der Waals surface area contributed by atoms with Crippen molar-refractivity contribution in [2.45, 2.75) is 32.9 Å². The lowest BCUT2D eigenvalue weighted by Gasteiger charge is -2.19. The molecule has 0 unspecified atom stereocenters. The summed E-state index contributed by atoms with van der Waals surface area (Å²) in [6.45, 7) is 5.69. The van der Waals surface area contributed by atoms with Gasteiger partial charge in [0.15, 0.2) is 0 Å². The van der Waals surface area contributed by atoms with Crippen molar-refractivity contribution in [1.29, 1.82) is 0 Å². The van der Waals surface area contributed by atoms with Gasteiger partial charge in [-0.3, -0.25) is 5.10 Å². The maximum absolute atomic E-state index is 11.3. The molecule has 6 nitrogen and oxygen atoms in total. The Morgan fingerprint density at radius 2 is 2.38 bits per heavy atom. The quantitative estimate of drug-likeness (QED) is 0.599. The van der Waals surface area contributed by atoms with Gasteiger partial charge in [0, 0.05) is 0 Å². The van der Waals surface area contributed by atoms with Crippen LogP contribution in [0.25, 0.3) is 0 Å². The Hall–Kier alpha value is -1.50. The van der Waals surface area contributed by atoms with E-state index in [-0.39, 0.29) is 7.48 Å². The predicted molar refractivity (Wildman–Crippen MR) is 60.7 cm³/mol. The third-order valence-corrected chi connectivity index (χ3v) is 1.67. The largest absolute Gasteiger partial charge is 0.448 e. The molecule has 1 aromatic rings. The van der Waals surface area contributed by atoms with Crippen LogP contribution in [0.5, 0.6) is 0 Å². The van der Waals surface area contributed by atoms with Gasteiger partial charge in [-0.1, -0.05) is 0 Å². The van der Waals surface area contributed by atoms with Gasteiger partial charge in [-0.25, -0.2) is 4.79 Å². The molecule has 0 bridgehead atoms. The van der Waals surface area contributed by atoms with Gasteiger partial charge < -0.3 is 15.1 Å². The number of rotatable bonds is 3. The van der Waals surface area contributed by atoms with E-state index < -0.39 is 11.7 Å². The van der Waals surface area contributed by atoms with E-state index in [2.05, 4.69) is 15.5 Å². The number of alkyl carbamates (subject to hydrolysis) is 1. The topological polar surface area (TPSA) is 87.2 Å². The van der Waals surface area contributed by atoms with Crippen molar-refractivity contribution in [3.05, 3.63) is 11.8 Å². The van der Waals surface area contributed by atoms with Crippen molar-refractivity contribution in [2.75, 3.05) is 0 Å². The fourth-order valence-electron chi connectivity index (χ4n) is 1.06. The highest BCUT2D eigenvalue weighted by Crippen LogP contribution is 2.06. The lowest BCUT2D eigenvalue weighted by atomic mass is 9.96. The maximum atomic E-state index is 11.3. The number of carbonyl (C=O) groups is 1. The molecule has 1 rings (SSSR count). The number of carbonyl (C=O) groups excluding carboxylic acids is 1. The molecule has 0 spiro atoms. The van der Waals surface area contributed by atoms with Crippen LogP contribution in [0.1, 0.15) is 26.5 Å². The normalized spacial score (nSPS) is 11.0. The molecule has 88 valence electrons. The number of H-pyrrole nitrogens is 1. The minimum atomic E-state index is -0.506. The Kier molecular flexibility index (Phi) is 3.95. The summed E-state index contributed by atoms with van der Waals surface area (Å²) in [5, 5.41) is 17.9. The lowest BCUT2D eigenvalue weighted by Crippen LogP contribution is -2.32. The molecule has 1 heterocycles. The first-order chi connectivity index (χ1) is 7.40. The zero-order chi connectivity index (χ0) is 12.2. The molecular formula is C9H16BN3O3. The number of aromatic nitrogens is 2. The number of nitrogens with one attached hydrogen (secondary N) is 2. The van der Waals surface area contributed by atoms with Crippen molar-refractivity contribution in [2.24, 2.45) is 0 Å². The molecule has 1 amide bonds. The molecule has 16 heavy (non-hydrogen) atoms. The summed E-state index contributed by atoms with van der Waals surface area (Å²) in [5.74, 6) is 0. The third kappa shape index (κ3) is 4.35. The van der Waals surface area contributed by atoms with Crippen LogP contribution in [0.3, 0.4) is 0 Å². The molecule has 3 N–H and O–H groups in total. The Morgan fingerprint density at radius 3 is 2.88 bits per heavy atom. The first-order valence-corrected chi connectivity index (χ1v) is 5.01. The molecule has 0 saturated heterocycles. The van der Waals surface area contributed by atoms with Crippen LogP contribution in [0, 0.1) is 0 Å². The number of aromatic amines is 1. The third-order valence-electron chi connectivity index (χ3n) is 1.67. The SMILES string of the molecule is CC(C)(C)OC(=O)NCc1cc(BO)n[nH]1. The van der Waals surface area contributed by atoms with Gasteiger partial charge in [0.1, 0.15) is 5.60 Å². The molecule has 7 heteroatoms. The molecule has 1 aromatic heterocycles. The average molecular weight is 225 g/mol. The monoisotopic (exact) mass is 225 g/mol. The van der Waals surface area contributed by atoms with Crippen molar-refractivity contribution < 1.29 is 14.6 Å². The molecule has 0 aromatic carbocycles. The smallest absolute Gasteiger partial charge is 0.407 e. The molecular weight excluding hydrogens is 209 g/mol. The van der Waals surface area contributed by atoms with Gasteiger partial charge in [0.2, 0.25) is 0 Å². The lowest BCUT2D eigenvalue weighted by molar-refractivity contribution is 0.0523. The van der Waals surface area contributed by atoms with Crippen molar-refractivity contribution in [1.82, 2.24) is 15.5 Å². The van der Waals surface area contributed by atoms with E-state index in [0.29, 0.717) is 12.1 Å². The van der Waals surface area contributed by atoms with Crippen molar-refractivity contribution >= 4 is 19.2 Å². The number of amides is 1. The number of ether oxygens (including phenoxy) is 1. The maximum Gasteiger partial charge on any atom is 0.407 e. The van der Waals surface area contributed by atoms with E-state index in [9.17, 15) is 4.79 Å². The molecule has 0 aliphatic rings. The van der Waals surface area contributed by atoms with Gasteiger partial charge in [0.05, 0.1) is 17.8 Å². The van der Waals surface area contributed by atoms with Crippen molar-refractivity contribution in [3.8, 4) is 0 Å². The molecule has 0 saturated carbocycles. The van der Waals surface area contributed by atoms with Crippen LogP contribution < -0.4 is 10.9 Å². The Labute approximate surface area is 94.7 Å². The van der Waals surface area contributed by atoms with Crippen LogP contribution in [-0.2, 0) is 11.3 Å². The second-order valence-corrected chi connectivity index (χ2v) is 4.40. The van der Waals surface area contributed by atoms with E-state index in [1.807, 2.05) is 0 Å².